The second-order valence-electron chi connectivity index (χ2n) is 2.84. The van der Waals surface area contributed by atoms with Gasteiger partial charge >= 0.3 is 0 Å². The van der Waals surface area contributed by atoms with Crippen LogP contribution in [0.15, 0.2) is 0 Å². The fourth-order valence-electron chi connectivity index (χ4n) is 1.05. The largest absolute Gasteiger partial charge is 0.390 e. The van der Waals surface area contributed by atoms with E-state index in [0.29, 0.717) is 0 Å². The predicted molar refractivity (Wildman–Crippen MR) is 34.9 cm³/mol. The molecule has 0 aliphatic carbocycles. The zero-order valence-electron chi connectivity index (χ0n) is 6.47. The third-order valence-electron chi connectivity index (χ3n) is 1.91. The molecule has 5 atom stereocenters. The van der Waals surface area contributed by atoms with Gasteiger partial charge in [-0.25, -0.2) is 8.78 Å². The maximum atomic E-state index is 13.1. The van der Waals surface area contributed by atoms with Crippen molar-refractivity contribution in [3.63, 3.8) is 0 Å². The first-order valence-electron chi connectivity index (χ1n) is 3.58. The van der Waals surface area contributed by atoms with Crippen molar-refractivity contribution in [1.29, 1.82) is 0 Å². The number of hydrogen-bond donors (Lipinski definition) is 4. The van der Waals surface area contributed by atoms with Gasteiger partial charge in [0.1, 0.15) is 24.9 Å². The molecule has 0 aromatic heterocycles. The van der Waals surface area contributed by atoms with Crippen LogP contribution in [0.2, 0.25) is 0 Å². The van der Waals surface area contributed by atoms with Crippen molar-refractivity contribution < 1.29 is 33.9 Å². The summed E-state index contributed by atoms with van der Waals surface area (Å²) in [5.41, 5.74) is 0. The summed E-state index contributed by atoms with van der Waals surface area (Å²) in [6.07, 6.45) is -8.71. The van der Waals surface area contributed by atoms with E-state index in [4.69, 9.17) is 20.4 Å². The topological polar surface area (TPSA) is 90.2 Å². The van der Waals surface area contributed by atoms with E-state index in [2.05, 4.69) is 4.74 Å². The summed E-state index contributed by atoms with van der Waals surface area (Å²) in [7, 11) is 0. The Kier molecular flexibility index (Phi) is 2.83. The fourth-order valence-corrected chi connectivity index (χ4v) is 1.05. The van der Waals surface area contributed by atoms with Crippen LogP contribution in [0.5, 0.6) is 0 Å². The van der Waals surface area contributed by atoms with E-state index in [9.17, 15) is 8.78 Å². The number of rotatable bonds is 1. The molecule has 0 aromatic rings. The monoisotopic (exact) mass is 200 g/mol. The van der Waals surface area contributed by atoms with Gasteiger partial charge in [0.25, 0.3) is 5.85 Å². The number of halogens is 2. The van der Waals surface area contributed by atoms with Crippen LogP contribution in [-0.2, 0) is 4.74 Å². The smallest absolute Gasteiger partial charge is 0.263 e. The van der Waals surface area contributed by atoms with E-state index in [1.165, 1.54) is 0 Å². The van der Waals surface area contributed by atoms with Crippen LogP contribution in [0.25, 0.3) is 0 Å². The predicted octanol–water partition coefficient (Wildman–Crippen LogP) is -1.95. The van der Waals surface area contributed by atoms with Gasteiger partial charge in [-0.3, -0.25) is 0 Å². The molecule has 0 spiro atoms. The Morgan fingerprint density at radius 2 is 1.77 bits per heavy atom. The lowest BCUT2D eigenvalue weighted by Crippen LogP contribution is -2.62. The third kappa shape index (κ3) is 1.65. The Morgan fingerprint density at radius 1 is 1.23 bits per heavy atom. The zero-order valence-corrected chi connectivity index (χ0v) is 6.47. The Morgan fingerprint density at radius 3 is 2.23 bits per heavy atom. The molecule has 78 valence electrons. The third-order valence-corrected chi connectivity index (χ3v) is 1.91. The van der Waals surface area contributed by atoms with E-state index in [-0.39, 0.29) is 0 Å². The van der Waals surface area contributed by atoms with E-state index >= 15 is 0 Å². The highest BCUT2D eigenvalue weighted by Crippen LogP contribution is 2.31. The second-order valence-corrected chi connectivity index (χ2v) is 2.84. The minimum atomic E-state index is -3.07. The molecule has 0 bridgehead atoms. The molecule has 1 aliphatic rings. The standard InChI is InChI=1S/C6H10F2O5/c7-5-3(11)2(10)4(12)6(8,1-9)13-5/h2-5,9-12H,1H2/t2-,3-,4+,5-,6+/m1/s1. The van der Waals surface area contributed by atoms with Crippen molar-refractivity contribution in [1.82, 2.24) is 0 Å². The molecule has 13 heavy (non-hydrogen) atoms. The first-order valence-corrected chi connectivity index (χ1v) is 3.58. The first kappa shape index (κ1) is 10.7. The van der Waals surface area contributed by atoms with Crippen molar-refractivity contribution in [2.24, 2.45) is 0 Å². The maximum Gasteiger partial charge on any atom is 0.263 e. The normalized spacial score (nSPS) is 52.2. The van der Waals surface area contributed by atoms with Gasteiger partial charge in [-0.15, -0.1) is 0 Å². The molecule has 0 saturated carbocycles. The van der Waals surface area contributed by atoms with E-state index in [0.717, 1.165) is 0 Å². The lowest BCUT2D eigenvalue weighted by Gasteiger charge is -2.40. The van der Waals surface area contributed by atoms with Crippen molar-refractivity contribution in [3.8, 4) is 0 Å². The van der Waals surface area contributed by atoms with Gasteiger partial charge in [0.15, 0.2) is 0 Å². The van der Waals surface area contributed by atoms with Gasteiger partial charge < -0.3 is 25.2 Å². The first-order chi connectivity index (χ1) is 5.92. The highest BCUT2D eigenvalue weighted by Gasteiger charge is 2.54. The summed E-state index contributed by atoms with van der Waals surface area (Å²) in [5, 5.41) is 35.1. The molecular formula is C6H10F2O5. The van der Waals surface area contributed by atoms with Crippen LogP contribution in [0, 0.1) is 0 Å². The minimum absolute atomic E-state index is 1.31. The molecule has 0 amide bonds. The fraction of sp³-hybridized carbons (Fsp3) is 1.00. The van der Waals surface area contributed by atoms with Crippen molar-refractivity contribution in [3.05, 3.63) is 0 Å². The summed E-state index contributed by atoms with van der Waals surface area (Å²) in [5.74, 6) is -3.07. The maximum absolute atomic E-state index is 13.1. The molecule has 1 heterocycles. The summed E-state index contributed by atoms with van der Waals surface area (Å²) < 4.78 is 29.6. The quantitative estimate of drug-likeness (QED) is 0.395. The van der Waals surface area contributed by atoms with Crippen LogP contribution in [-0.4, -0.2) is 57.6 Å². The summed E-state index contributed by atoms with van der Waals surface area (Å²) in [6.45, 7) is -1.31. The molecule has 1 fully saturated rings. The van der Waals surface area contributed by atoms with Gasteiger partial charge in [0.05, 0.1) is 0 Å². The van der Waals surface area contributed by atoms with Crippen LogP contribution in [0.1, 0.15) is 0 Å². The Balaban J connectivity index is 2.82. The molecule has 1 rings (SSSR count). The van der Waals surface area contributed by atoms with Crippen LogP contribution in [0.3, 0.4) is 0 Å². The van der Waals surface area contributed by atoms with E-state index in [1.807, 2.05) is 0 Å². The number of aliphatic hydroxyl groups excluding tert-OH is 4. The van der Waals surface area contributed by atoms with Gasteiger partial charge in [-0.05, 0) is 0 Å². The highest BCUT2D eigenvalue weighted by molar-refractivity contribution is 4.93. The molecule has 7 heteroatoms. The van der Waals surface area contributed by atoms with Gasteiger partial charge in [0, 0.05) is 0 Å². The van der Waals surface area contributed by atoms with Crippen LogP contribution in [0.4, 0.5) is 8.78 Å². The zero-order chi connectivity index (χ0) is 10.2. The second kappa shape index (κ2) is 3.43. The number of aliphatic hydroxyl groups is 4. The Hall–Kier alpha value is -0.340. The summed E-state index contributed by atoms with van der Waals surface area (Å²) in [4.78, 5) is 0. The molecule has 0 aromatic carbocycles. The Labute approximate surface area is 72.2 Å². The van der Waals surface area contributed by atoms with Gasteiger partial charge in [0.2, 0.25) is 6.36 Å². The molecule has 5 nitrogen and oxygen atoms in total. The number of ether oxygens (including phenoxy) is 1. The van der Waals surface area contributed by atoms with Crippen molar-refractivity contribution in [2.45, 2.75) is 30.5 Å². The van der Waals surface area contributed by atoms with E-state index in [1.54, 1.807) is 0 Å². The average Bonchev–Trinajstić information content (AvgIpc) is 2.12. The Bertz CT molecular complexity index is 192. The molecule has 1 saturated heterocycles. The van der Waals surface area contributed by atoms with Gasteiger partial charge in [-0.1, -0.05) is 0 Å². The van der Waals surface area contributed by atoms with Crippen molar-refractivity contribution in [2.75, 3.05) is 6.61 Å². The number of hydrogen-bond acceptors (Lipinski definition) is 5. The molecule has 0 radical (unpaired) electrons. The molecule has 4 N–H and O–H groups in total. The van der Waals surface area contributed by atoms with Crippen LogP contribution < -0.4 is 0 Å². The minimum Gasteiger partial charge on any atom is -0.390 e. The SMILES string of the molecule is OC[C@]1(F)O[C@@H](F)[C@H](O)[C@@H](O)[C@@H]1O. The average molecular weight is 200 g/mol. The number of alkyl halides is 2. The van der Waals surface area contributed by atoms with Gasteiger partial charge in [-0.2, -0.15) is 0 Å². The summed E-state index contributed by atoms with van der Waals surface area (Å²) >= 11 is 0. The molecular weight excluding hydrogens is 190 g/mol. The lowest BCUT2D eigenvalue weighted by molar-refractivity contribution is -0.349. The highest BCUT2D eigenvalue weighted by atomic mass is 19.2. The summed E-state index contributed by atoms with van der Waals surface area (Å²) in [6, 6.07) is 0. The molecule has 1 aliphatic heterocycles. The van der Waals surface area contributed by atoms with Crippen LogP contribution >= 0.6 is 0 Å². The lowest BCUT2D eigenvalue weighted by atomic mass is 9.98. The van der Waals surface area contributed by atoms with Crippen molar-refractivity contribution >= 4 is 0 Å². The molecule has 0 unspecified atom stereocenters. The van der Waals surface area contributed by atoms with E-state index < -0.39 is 37.1 Å².